The monoisotopic (exact) mass is 349 g/mol. The molecule has 130 valence electrons. The summed E-state index contributed by atoms with van der Waals surface area (Å²) in [6, 6.07) is 7.01. The second-order valence-corrected chi connectivity index (χ2v) is 7.02. The normalized spacial score (nSPS) is 21.1. The van der Waals surface area contributed by atoms with Crippen molar-refractivity contribution in [2.45, 2.75) is 19.3 Å². The number of hydrogen-bond donors (Lipinski definition) is 1. The van der Waals surface area contributed by atoms with Gasteiger partial charge in [0, 0.05) is 43.2 Å². The molecule has 1 N–H and O–H groups in total. The maximum absolute atomic E-state index is 12.5. The van der Waals surface area contributed by atoms with Crippen LogP contribution in [0.3, 0.4) is 0 Å². The van der Waals surface area contributed by atoms with Crippen LogP contribution in [-0.2, 0) is 4.79 Å². The Hall–Kier alpha value is -1.59. The summed E-state index contributed by atoms with van der Waals surface area (Å²) >= 11 is 5.95. The first-order chi connectivity index (χ1) is 11.6. The van der Waals surface area contributed by atoms with E-state index < -0.39 is 0 Å². The second-order valence-electron chi connectivity index (χ2n) is 6.58. The van der Waals surface area contributed by atoms with Crippen LogP contribution >= 0.6 is 11.6 Å². The average molecular weight is 350 g/mol. The van der Waals surface area contributed by atoms with Gasteiger partial charge in [-0.25, -0.2) is 0 Å². The minimum atomic E-state index is -0.0124. The van der Waals surface area contributed by atoms with E-state index >= 15 is 0 Å². The first kappa shape index (κ1) is 17.2. The van der Waals surface area contributed by atoms with E-state index in [-0.39, 0.29) is 11.8 Å². The van der Waals surface area contributed by atoms with Gasteiger partial charge in [-0.3, -0.25) is 9.59 Å². The van der Waals surface area contributed by atoms with Gasteiger partial charge in [-0.2, -0.15) is 0 Å². The zero-order valence-electron chi connectivity index (χ0n) is 13.8. The lowest BCUT2D eigenvalue weighted by atomic mass is 10.0. The van der Waals surface area contributed by atoms with Crippen LogP contribution in [0.15, 0.2) is 24.3 Å². The zero-order valence-corrected chi connectivity index (χ0v) is 14.6. The van der Waals surface area contributed by atoms with Crippen LogP contribution in [0.4, 0.5) is 0 Å². The Labute approximate surface area is 147 Å². The Morgan fingerprint density at radius 2 is 1.92 bits per heavy atom. The van der Waals surface area contributed by atoms with Crippen LogP contribution in [0.2, 0.25) is 5.02 Å². The molecule has 2 fully saturated rings. The fourth-order valence-corrected chi connectivity index (χ4v) is 3.60. The number of nitrogens with one attached hydrogen (secondary N) is 1. The Morgan fingerprint density at radius 3 is 2.58 bits per heavy atom. The number of hydrogen-bond acceptors (Lipinski definition) is 3. The lowest BCUT2D eigenvalue weighted by Crippen LogP contribution is -2.50. The fourth-order valence-electron chi connectivity index (χ4n) is 3.41. The number of benzene rings is 1. The van der Waals surface area contributed by atoms with Gasteiger partial charge in [0.05, 0.1) is 0 Å². The third-order valence-corrected chi connectivity index (χ3v) is 5.16. The molecule has 2 aliphatic rings. The van der Waals surface area contributed by atoms with E-state index in [0.29, 0.717) is 49.1 Å². The highest BCUT2D eigenvalue weighted by molar-refractivity contribution is 6.30. The maximum atomic E-state index is 12.5. The van der Waals surface area contributed by atoms with Gasteiger partial charge in [-0.05, 0) is 50.0 Å². The third-order valence-electron chi connectivity index (χ3n) is 4.92. The highest BCUT2D eigenvalue weighted by Gasteiger charge is 2.25. The van der Waals surface area contributed by atoms with Crippen molar-refractivity contribution in [3.63, 3.8) is 0 Å². The molecule has 1 aromatic carbocycles. The molecule has 2 amide bonds. The average Bonchev–Trinajstić information content (AvgIpc) is 3.13. The number of nitrogens with zero attached hydrogens (tertiary/aromatic N) is 2. The SMILES string of the molecule is O=C(CCC1CCNC1)N1CCN(C(=O)c2cccc(Cl)c2)CC1. The molecule has 2 aliphatic heterocycles. The van der Waals surface area contributed by atoms with Crippen LogP contribution < -0.4 is 5.32 Å². The Kier molecular flexibility index (Phi) is 5.74. The smallest absolute Gasteiger partial charge is 0.254 e. The van der Waals surface area contributed by atoms with E-state index in [0.717, 1.165) is 19.5 Å². The summed E-state index contributed by atoms with van der Waals surface area (Å²) in [4.78, 5) is 28.5. The predicted molar refractivity (Wildman–Crippen MR) is 94.1 cm³/mol. The number of amides is 2. The molecule has 24 heavy (non-hydrogen) atoms. The van der Waals surface area contributed by atoms with Crippen molar-refractivity contribution in [2.75, 3.05) is 39.3 Å². The quantitative estimate of drug-likeness (QED) is 0.904. The molecular formula is C18H24ClN3O2. The standard InChI is InChI=1S/C18H24ClN3O2/c19-16-3-1-2-15(12-16)18(24)22-10-8-21(9-11-22)17(23)5-4-14-6-7-20-13-14/h1-3,12,14,20H,4-11,13H2. The number of halogens is 1. The number of rotatable bonds is 4. The Morgan fingerprint density at radius 1 is 1.17 bits per heavy atom. The number of carbonyl (C=O) groups excluding carboxylic acids is 2. The van der Waals surface area contributed by atoms with E-state index in [1.807, 2.05) is 4.90 Å². The summed E-state index contributed by atoms with van der Waals surface area (Å²) in [5.74, 6) is 0.845. The Balaban J connectivity index is 1.46. The van der Waals surface area contributed by atoms with Gasteiger partial charge in [0.2, 0.25) is 5.91 Å². The fraction of sp³-hybridized carbons (Fsp3) is 0.556. The highest BCUT2D eigenvalue weighted by Crippen LogP contribution is 2.17. The van der Waals surface area contributed by atoms with Crippen molar-refractivity contribution in [3.8, 4) is 0 Å². The van der Waals surface area contributed by atoms with Gasteiger partial charge >= 0.3 is 0 Å². The van der Waals surface area contributed by atoms with E-state index in [4.69, 9.17) is 11.6 Å². The summed E-state index contributed by atoms with van der Waals surface area (Å²) in [6.07, 6.45) is 2.76. The largest absolute Gasteiger partial charge is 0.339 e. The molecule has 0 aliphatic carbocycles. The molecule has 0 bridgehead atoms. The van der Waals surface area contributed by atoms with Gasteiger partial charge in [0.25, 0.3) is 5.91 Å². The molecule has 3 rings (SSSR count). The van der Waals surface area contributed by atoms with Crippen LogP contribution in [-0.4, -0.2) is 60.9 Å². The van der Waals surface area contributed by atoms with E-state index in [1.54, 1.807) is 29.2 Å². The Bertz CT molecular complexity index is 594. The van der Waals surface area contributed by atoms with Crippen molar-refractivity contribution < 1.29 is 9.59 Å². The molecule has 0 radical (unpaired) electrons. The van der Waals surface area contributed by atoms with Gasteiger partial charge in [-0.15, -0.1) is 0 Å². The van der Waals surface area contributed by atoms with Gasteiger partial charge in [0.15, 0.2) is 0 Å². The van der Waals surface area contributed by atoms with Gasteiger partial charge in [0.1, 0.15) is 0 Å². The molecule has 0 saturated carbocycles. The van der Waals surface area contributed by atoms with Gasteiger partial charge in [-0.1, -0.05) is 17.7 Å². The number of piperazine rings is 1. The molecule has 6 heteroatoms. The molecule has 1 unspecified atom stereocenters. The van der Waals surface area contributed by atoms with E-state index in [2.05, 4.69) is 5.32 Å². The minimum Gasteiger partial charge on any atom is -0.339 e. The highest BCUT2D eigenvalue weighted by atomic mass is 35.5. The first-order valence-corrected chi connectivity index (χ1v) is 9.04. The minimum absolute atomic E-state index is 0.0124. The predicted octanol–water partition coefficient (Wildman–Crippen LogP) is 2.01. The maximum Gasteiger partial charge on any atom is 0.254 e. The molecule has 0 aromatic heterocycles. The van der Waals surface area contributed by atoms with Crippen molar-refractivity contribution >= 4 is 23.4 Å². The molecule has 2 saturated heterocycles. The van der Waals surface area contributed by atoms with Crippen LogP contribution in [0.5, 0.6) is 0 Å². The van der Waals surface area contributed by atoms with Crippen LogP contribution in [0.25, 0.3) is 0 Å². The molecular weight excluding hydrogens is 326 g/mol. The van der Waals surface area contributed by atoms with Crippen molar-refractivity contribution in [1.82, 2.24) is 15.1 Å². The molecule has 0 spiro atoms. The van der Waals surface area contributed by atoms with E-state index in [9.17, 15) is 9.59 Å². The summed E-state index contributed by atoms with van der Waals surface area (Å²) in [7, 11) is 0. The molecule has 1 aromatic rings. The molecule has 5 nitrogen and oxygen atoms in total. The van der Waals surface area contributed by atoms with Crippen LogP contribution in [0, 0.1) is 5.92 Å². The molecule has 2 heterocycles. The number of carbonyl (C=O) groups is 2. The van der Waals surface area contributed by atoms with Crippen LogP contribution in [0.1, 0.15) is 29.6 Å². The summed E-state index contributed by atoms with van der Waals surface area (Å²) < 4.78 is 0. The summed E-state index contributed by atoms with van der Waals surface area (Å²) in [5, 5.41) is 3.90. The topological polar surface area (TPSA) is 52.7 Å². The van der Waals surface area contributed by atoms with Gasteiger partial charge < -0.3 is 15.1 Å². The summed E-state index contributed by atoms with van der Waals surface area (Å²) in [5.41, 5.74) is 0.607. The van der Waals surface area contributed by atoms with Crippen molar-refractivity contribution in [1.29, 1.82) is 0 Å². The third kappa shape index (κ3) is 4.28. The summed E-state index contributed by atoms with van der Waals surface area (Å²) in [6.45, 7) is 4.52. The van der Waals surface area contributed by atoms with Crippen molar-refractivity contribution in [3.05, 3.63) is 34.9 Å². The molecule has 1 atom stereocenters. The van der Waals surface area contributed by atoms with E-state index in [1.165, 1.54) is 6.42 Å². The zero-order chi connectivity index (χ0) is 16.9. The first-order valence-electron chi connectivity index (χ1n) is 8.67. The lowest BCUT2D eigenvalue weighted by Gasteiger charge is -2.35. The second kappa shape index (κ2) is 7.99. The van der Waals surface area contributed by atoms with Crippen molar-refractivity contribution in [2.24, 2.45) is 5.92 Å². The lowest BCUT2D eigenvalue weighted by molar-refractivity contribution is -0.132.